The molecule has 1 aliphatic rings. The molecular formula is C21H21N3O2. The zero-order valence-corrected chi connectivity index (χ0v) is 14.4. The highest BCUT2D eigenvalue weighted by Crippen LogP contribution is 2.28. The van der Waals surface area contributed by atoms with Gasteiger partial charge in [0, 0.05) is 29.4 Å². The number of alkyl carbamates (subject to hydrolysis) is 1. The van der Waals surface area contributed by atoms with E-state index in [-0.39, 0.29) is 12.1 Å². The van der Waals surface area contributed by atoms with Crippen LogP contribution in [0.1, 0.15) is 18.4 Å². The van der Waals surface area contributed by atoms with Crippen LogP contribution < -0.4 is 10.6 Å². The third-order valence-corrected chi connectivity index (χ3v) is 4.68. The van der Waals surface area contributed by atoms with Crippen molar-refractivity contribution in [2.75, 3.05) is 5.32 Å². The van der Waals surface area contributed by atoms with Gasteiger partial charge in [0.15, 0.2) is 0 Å². The monoisotopic (exact) mass is 347 g/mol. The van der Waals surface area contributed by atoms with Gasteiger partial charge in [-0.1, -0.05) is 36.4 Å². The summed E-state index contributed by atoms with van der Waals surface area (Å²) >= 11 is 0. The second-order valence-corrected chi connectivity index (χ2v) is 6.59. The van der Waals surface area contributed by atoms with Gasteiger partial charge in [-0.25, -0.2) is 4.79 Å². The fourth-order valence-electron chi connectivity index (χ4n) is 3.23. The summed E-state index contributed by atoms with van der Waals surface area (Å²) in [5, 5.41) is 7.60. The number of benzene rings is 2. The van der Waals surface area contributed by atoms with Crippen LogP contribution in [-0.2, 0) is 11.3 Å². The first-order chi connectivity index (χ1) is 12.8. The summed E-state index contributed by atoms with van der Waals surface area (Å²) in [4.78, 5) is 16.3. The van der Waals surface area contributed by atoms with Crippen molar-refractivity contribution in [3.63, 3.8) is 0 Å². The largest absolute Gasteiger partial charge is 0.445 e. The summed E-state index contributed by atoms with van der Waals surface area (Å²) in [6.07, 6.45) is 3.22. The molecule has 132 valence electrons. The van der Waals surface area contributed by atoms with Gasteiger partial charge in [0.1, 0.15) is 6.61 Å². The van der Waals surface area contributed by atoms with Crippen molar-refractivity contribution in [1.29, 1.82) is 0 Å². The molecule has 1 aromatic heterocycles. The van der Waals surface area contributed by atoms with E-state index in [0.717, 1.165) is 35.0 Å². The fraction of sp³-hybridized carbons (Fsp3) is 0.238. The van der Waals surface area contributed by atoms with Crippen molar-refractivity contribution in [3.05, 3.63) is 72.4 Å². The first kappa shape index (κ1) is 16.4. The summed E-state index contributed by atoms with van der Waals surface area (Å²) in [6.45, 7) is 0.296. The Balaban J connectivity index is 1.24. The van der Waals surface area contributed by atoms with E-state index in [9.17, 15) is 4.79 Å². The quantitative estimate of drug-likeness (QED) is 0.729. The molecule has 1 saturated carbocycles. The number of pyridine rings is 1. The lowest BCUT2D eigenvalue weighted by molar-refractivity contribution is 0.129. The molecule has 5 heteroatoms. The Morgan fingerprint density at radius 1 is 1.00 bits per heavy atom. The third-order valence-electron chi connectivity index (χ3n) is 4.68. The maximum atomic E-state index is 11.9. The van der Waals surface area contributed by atoms with Gasteiger partial charge in [-0.15, -0.1) is 0 Å². The molecule has 2 aromatic carbocycles. The molecule has 5 nitrogen and oxygen atoms in total. The van der Waals surface area contributed by atoms with Crippen LogP contribution >= 0.6 is 0 Å². The van der Waals surface area contributed by atoms with Crippen molar-refractivity contribution in [3.8, 4) is 0 Å². The Morgan fingerprint density at radius 2 is 1.85 bits per heavy atom. The number of amides is 1. The van der Waals surface area contributed by atoms with Crippen LogP contribution in [0, 0.1) is 0 Å². The molecule has 4 rings (SSSR count). The Kier molecular flexibility index (Phi) is 4.69. The Hall–Kier alpha value is -3.08. The number of aromatic nitrogens is 1. The first-order valence-corrected chi connectivity index (χ1v) is 8.85. The van der Waals surface area contributed by atoms with Crippen LogP contribution in [0.15, 0.2) is 66.9 Å². The van der Waals surface area contributed by atoms with Gasteiger partial charge in [-0.2, -0.15) is 0 Å². The topological polar surface area (TPSA) is 63.2 Å². The molecule has 3 aromatic rings. The van der Waals surface area contributed by atoms with Crippen molar-refractivity contribution in [1.82, 2.24) is 10.3 Å². The number of hydrogen-bond acceptors (Lipinski definition) is 4. The lowest BCUT2D eigenvalue weighted by atomic mass is 9.86. The Morgan fingerprint density at radius 3 is 2.69 bits per heavy atom. The molecule has 0 atom stereocenters. The fourth-order valence-corrected chi connectivity index (χ4v) is 3.23. The lowest BCUT2D eigenvalue weighted by Gasteiger charge is -2.36. The van der Waals surface area contributed by atoms with Crippen LogP contribution in [-0.4, -0.2) is 23.2 Å². The van der Waals surface area contributed by atoms with Crippen LogP contribution in [0.5, 0.6) is 0 Å². The van der Waals surface area contributed by atoms with Crippen molar-refractivity contribution >= 4 is 22.7 Å². The minimum absolute atomic E-state index is 0.156. The summed E-state index contributed by atoms with van der Waals surface area (Å²) in [5.74, 6) is 0. The number of fused-ring (bicyclic) bond motifs is 1. The van der Waals surface area contributed by atoms with E-state index in [1.807, 2.05) is 48.5 Å². The second-order valence-electron chi connectivity index (χ2n) is 6.59. The number of nitrogens with one attached hydrogen (secondary N) is 2. The van der Waals surface area contributed by atoms with Crippen molar-refractivity contribution in [2.45, 2.75) is 31.5 Å². The van der Waals surface area contributed by atoms with Gasteiger partial charge in [0.05, 0.1) is 5.52 Å². The highest BCUT2D eigenvalue weighted by atomic mass is 16.5. The summed E-state index contributed by atoms with van der Waals surface area (Å²) in [6, 6.07) is 20.3. The van der Waals surface area contributed by atoms with Crippen molar-refractivity contribution in [2.24, 2.45) is 0 Å². The van der Waals surface area contributed by atoms with Gasteiger partial charge in [0.25, 0.3) is 0 Å². The molecule has 26 heavy (non-hydrogen) atoms. The second kappa shape index (κ2) is 7.44. The molecule has 1 aliphatic carbocycles. The molecule has 0 aliphatic heterocycles. The average Bonchev–Trinajstić information content (AvgIpc) is 2.65. The van der Waals surface area contributed by atoms with Crippen LogP contribution in [0.2, 0.25) is 0 Å². The standard InChI is InChI=1S/C21H21N3O2/c25-21(26-14-15-6-2-1-3-7-15)24-17-12-16(13-17)23-20-10-4-9-19-18(20)8-5-11-22-19/h1-11,16-17,23H,12-14H2,(H,24,25). The van der Waals surface area contributed by atoms with Crippen LogP contribution in [0.3, 0.4) is 0 Å². The highest BCUT2D eigenvalue weighted by molar-refractivity contribution is 5.91. The van der Waals surface area contributed by atoms with Gasteiger partial charge in [-0.3, -0.25) is 4.98 Å². The number of anilines is 1. The zero-order valence-electron chi connectivity index (χ0n) is 14.4. The third kappa shape index (κ3) is 3.77. The minimum Gasteiger partial charge on any atom is -0.445 e. The SMILES string of the molecule is O=C(NC1CC(Nc2cccc3ncccc23)C1)OCc1ccccc1. The van der Waals surface area contributed by atoms with E-state index in [1.165, 1.54) is 0 Å². The van der Waals surface area contributed by atoms with Gasteiger partial charge < -0.3 is 15.4 Å². The molecule has 1 amide bonds. The number of carbonyl (C=O) groups excluding carboxylic acids is 1. The highest BCUT2D eigenvalue weighted by Gasteiger charge is 2.30. The number of nitrogens with zero attached hydrogens (tertiary/aromatic N) is 1. The molecular weight excluding hydrogens is 326 g/mol. The zero-order chi connectivity index (χ0) is 17.8. The average molecular weight is 347 g/mol. The van der Waals surface area contributed by atoms with Gasteiger partial charge in [0.2, 0.25) is 0 Å². The molecule has 1 fully saturated rings. The molecule has 0 unspecified atom stereocenters. The smallest absolute Gasteiger partial charge is 0.407 e. The molecule has 0 radical (unpaired) electrons. The van der Waals surface area contributed by atoms with E-state index in [4.69, 9.17) is 4.74 Å². The molecule has 1 heterocycles. The normalized spacial score (nSPS) is 18.8. The molecule has 0 spiro atoms. The van der Waals surface area contributed by atoms with E-state index in [0.29, 0.717) is 12.6 Å². The summed E-state index contributed by atoms with van der Waals surface area (Å²) < 4.78 is 5.27. The predicted molar refractivity (Wildman–Crippen MR) is 102 cm³/mol. The van der Waals surface area contributed by atoms with Crippen molar-refractivity contribution < 1.29 is 9.53 Å². The number of rotatable bonds is 5. The van der Waals surface area contributed by atoms with E-state index < -0.39 is 0 Å². The minimum atomic E-state index is -0.355. The Labute approximate surface area is 152 Å². The molecule has 2 N–H and O–H groups in total. The maximum Gasteiger partial charge on any atom is 0.407 e. The maximum absolute atomic E-state index is 11.9. The van der Waals surface area contributed by atoms with Gasteiger partial charge >= 0.3 is 6.09 Å². The van der Waals surface area contributed by atoms with Crippen LogP contribution in [0.25, 0.3) is 10.9 Å². The first-order valence-electron chi connectivity index (χ1n) is 8.85. The summed E-state index contributed by atoms with van der Waals surface area (Å²) in [5.41, 5.74) is 3.06. The lowest BCUT2D eigenvalue weighted by Crippen LogP contribution is -2.49. The number of carbonyl (C=O) groups is 1. The van der Waals surface area contributed by atoms with Crippen LogP contribution in [0.4, 0.5) is 10.5 Å². The van der Waals surface area contributed by atoms with E-state index >= 15 is 0 Å². The van der Waals surface area contributed by atoms with E-state index in [2.05, 4.69) is 27.8 Å². The number of ether oxygens (including phenoxy) is 1. The predicted octanol–water partition coefficient (Wildman–Crippen LogP) is 4.10. The molecule has 0 saturated heterocycles. The van der Waals surface area contributed by atoms with E-state index in [1.54, 1.807) is 6.20 Å². The number of hydrogen-bond donors (Lipinski definition) is 2. The Bertz CT molecular complexity index is 887. The van der Waals surface area contributed by atoms with Gasteiger partial charge in [-0.05, 0) is 42.7 Å². The summed E-state index contributed by atoms with van der Waals surface area (Å²) in [7, 11) is 0. The molecule has 0 bridgehead atoms.